The van der Waals surface area contributed by atoms with Crippen LogP contribution in [0.25, 0.3) is 0 Å². The Bertz CT molecular complexity index is 507. The predicted octanol–water partition coefficient (Wildman–Crippen LogP) is 3.25. The van der Waals surface area contributed by atoms with E-state index in [-0.39, 0.29) is 11.9 Å². The molecule has 0 spiro atoms. The molecule has 0 aliphatic carbocycles. The highest BCUT2D eigenvalue weighted by molar-refractivity contribution is 7.09. The summed E-state index contributed by atoms with van der Waals surface area (Å²) >= 11 is 1.76. The van der Waals surface area contributed by atoms with Gasteiger partial charge in [-0.1, -0.05) is 36.4 Å². The number of nitrogens with one attached hydrogen (secondary N) is 1. The smallest absolute Gasteiger partial charge is 0.0924 e. The maximum Gasteiger partial charge on any atom is 0.0924 e. The molecule has 0 amide bonds. The van der Waals surface area contributed by atoms with E-state index in [0.29, 0.717) is 6.42 Å². The summed E-state index contributed by atoms with van der Waals surface area (Å²) in [6.45, 7) is 0.879. The second-order valence-electron chi connectivity index (χ2n) is 4.65. The average molecular weight is 273 g/mol. The summed E-state index contributed by atoms with van der Waals surface area (Å²) in [6, 6.07) is 14.6. The Hall–Kier alpha value is -1.65. The molecule has 1 heterocycles. The molecule has 0 radical (unpaired) electrons. The van der Waals surface area contributed by atoms with Crippen LogP contribution in [-0.2, 0) is 6.54 Å². The van der Waals surface area contributed by atoms with Gasteiger partial charge in [0, 0.05) is 23.9 Å². The second kappa shape index (κ2) is 6.50. The lowest BCUT2D eigenvalue weighted by molar-refractivity contribution is 0.243. The summed E-state index contributed by atoms with van der Waals surface area (Å²) < 4.78 is 0. The molecule has 0 saturated heterocycles. The average Bonchev–Trinajstić information content (AvgIpc) is 2.89. The van der Waals surface area contributed by atoms with E-state index in [9.17, 15) is 0 Å². The van der Waals surface area contributed by atoms with E-state index < -0.39 is 0 Å². The molecule has 0 aliphatic heterocycles. The molecule has 1 aromatic heterocycles. The van der Waals surface area contributed by atoms with Crippen molar-refractivity contribution in [1.29, 1.82) is 5.41 Å². The number of thiophene rings is 1. The van der Waals surface area contributed by atoms with Gasteiger partial charge in [-0.05, 0) is 24.1 Å². The molecule has 4 heteroatoms. The third kappa shape index (κ3) is 3.91. The second-order valence-corrected chi connectivity index (χ2v) is 5.68. The van der Waals surface area contributed by atoms with Gasteiger partial charge in [0.1, 0.15) is 0 Å². The number of benzene rings is 1. The molecule has 0 aliphatic rings. The Labute approximate surface area is 118 Å². The van der Waals surface area contributed by atoms with Crippen molar-refractivity contribution in [1.82, 2.24) is 4.90 Å². The molecule has 3 nitrogen and oxygen atoms in total. The molecule has 19 heavy (non-hydrogen) atoms. The lowest BCUT2D eigenvalue weighted by Crippen LogP contribution is -2.28. The number of hydrogen-bond donors (Lipinski definition) is 2. The van der Waals surface area contributed by atoms with E-state index in [2.05, 4.69) is 41.6 Å². The molecule has 100 valence electrons. The highest BCUT2D eigenvalue weighted by Gasteiger charge is 2.18. The Kier molecular flexibility index (Phi) is 4.71. The van der Waals surface area contributed by atoms with Gasteiger partial charge in [-0.3, -0.25) is 10.3 Å². The zero-order valence-corrected chi connectivity index (χ0v) is 11.9. The normalized spacial score (nSPS) is 12.5. The Morgan fingerprint density at radius 3 is 2.58 bits per heavy atom. The highest BCUT2D eigenvalue weighted by Crippen LogP contribution is 2.25. The number of nitrogens with two attached hydrogens (primary N) is 1. The van der Waals surface area contributed by atoms with E-state index in [0.717, 1.165) is 6.54 Å². The highest BCUT2D eigenvalue weighted by atomic mass is 32.1. The van der Waals surface area contributed by atoms with Crippen LogP contribution in [0.2, 0.25) is 0 Å². The molecule has 1 unspecified atom stereocenters. The summed E-state index contributed by atoms with van der Waals surface area (Å²) in [5.41, 5.74) is 6.81. The van der Waals surface area contributed by atoms with Crippen LogP contribution in [0.3, 0.4) is 0 Å². The minimum atomic E-state index is 0.154. The first-order valence-corrected chi connectivity index (χ1v) is 7.15. The Morgan fingerprint density at radius 2 is 2.00 bits per heavy atom. The first kappa shape index (κ1) is 13.8. The predicted molar refractivity (Wildman–Crippen MR) is 81.5 cm³/mol. The number of rotatable bonds is 6. The van der Waals surface area contributed by atoms with Gasteiger partial charge in [-0.15, -0.1) is 11.3 Å². The van der Waals surface area contributed by atoms with Crippen molar-refractivity contribution in [2.45, 2.75) is 19.0 Å². The van der Waals surface area contributed by atoms with Crippen LogP contribution in [0.4, 0.5) is 0 Å². The summed E-state index contributed by atoms with van der Waals surface area (Å²) in [6.07, 6.45) is 0.561. The van der Waals surface area contributed by atoms with Gasteiger partial charge in [0.15, 0.2) is 0 Å². The molecular formula is C15H19N3S. The van der Waals surface area contributed by atoms with E-state index in [1.54, 1.807) is 11.3 Å². The van der Waals surface area contributed by atoms with Gasteiger partial charge in [-0.2, -0.15) is 0 Å². The van der Waals surface area contributed by atoms with Crippen molar-refractivity contribution in [3.8, 4) is 0 Å². The number of nitrogens with zero attached hydrogens (tertiary/aromatic N) is 1. The third-order valence-corrected chi connectivity index (χ3v) is 3.98. The van der Waals surface area contributed by atoms with Crippen LogP contribution in [0.1, 0.15) is 22.9 Å². The lowest BCUT2D eigenvalue weighted by Gasteiger charge is -2.27. The topological polar surface area (TPSA) is 53.1 Å². The number of hydrogen-bond acceptors (Lipinski definition) is 3. The fourth-order valence-corrected chi connectivity index (χ4v) is 2.94. The summed E-state index contributed by atoms with van der Waals surface area (Å²) in [7, 11) is 2.08. The molecule has 0 bridgehead atoms. The molecule has 3 N–H and O–H groups in total. The zero-order chi connectivity index (χ0) is 13.7. The van der Waals surface area contributed by atoms with Crippen LogP contribution in [0.5, 0.6) is 0 Å². The van der Waals surface area contributed by atoms with Gasteiger partial charge in [0.05, 0.1) is 5.84 Å². The van der Waals surface area contributed by atoms with Gasteiger partial charge in [0.2, 0.25) is 0 Å². The van der Waals surface area contributed by atoms with Crippen LogP contribution >= 0.6 is 11.3 Å². The third-order valence-electron chi connectivity index (χ3n) is 3.12. The van der Waals surface area contributed by atoms with Gasteiger partial charge >= 0.3 is 0 Å². The van der Waals surface area contributed by atoms with E-state index in [4.69, 9.17) is 11.1 Å². The molecule has 1 aromatic carbocycles. The first-order valence-electron chi connectivity index (χ1n) is 6.27. The van der Waals surface area contributed by atoms with Crippen molar-refractivity contribution in [2.24, 2.45) is 5.73 Å². The van der Waals surface area contributed by atoms with E-state index in [1.165, 1.54) is 10.4 Å². The summed E-state index contributed by atoms with van der Waals surface area (Å²) in [4.78, 5) is 3.58. The molecular weight excluding hydrogens is 254 g/mol. The maximum absolute atomic E-state index is 7.57. The van der Waals surface area contributed by atoms with Crippen molar-refractivity contribution in [3.63, 3.8) is 0 Å². The van der Waals surface area contributed by atoms with Crippen molar-refractivity contribution in [3.05, 3.63) is 58.3 Å². The van der Waals surface area contributed by atoms with Gasteiger partial charge < -0.3 is 5.73 Å². The van der Waals surface area contributed by atoms with Gasteiger partial charge in [-0.25, -0.2) is 0 Å². The molecule has 1 atom stereocenters. The van der Waals surface area contributed by atoms with E-state index in [1.807, 2.05) is 18.2 Å². The zero-order valence-electron chi connectivity index (χ0n) is 11.0. The standard InChI is InChI=1S/C15H19N3S/c1-18(11-13-8-5-9-19-13)14(10-15(16)17)12-6-3-2-4-7-12/h2-9,14H,10-11H2,1H3,(H3,16,17). The fourth-order valence-electron chi connectivity index (χ4n) is 2.17. The molecule has 2 aromatic rings. The van der Waals surface area contributed by atoms with Crippen molar-refractivity contribution < 1.29 is 0 Å². The van der Waals surface area contributed by atoms with Crippen LogP contribution < -0.4 is 5.73 Å². The first-order chi connectivity index (χ1) is 9.16. The van der Waals surface area contributed by atoms with Crippen LogP contribution in [0, 0.1) is 5.41 Å². The monoisotopic (exact) mass is 273 g/mol. The Balaban J connectivity index is 2.15. The minimum absolute atomic E-state index is 0.154. The number of amidine groups is 1. The van der Waals surface area contributed by atoms with Crippen molar-refractivity contribution >= 4 is 17.2 Å². The Morgan fingerprint density at radius 1 is 1.26 bits per heavy atom. The minimum Gasteiger partial charge on any atom is -0.388 e. The lowest BCUT2D eigenvalue weighted by atomic mass is 10.0. The fraction of sp³-hybridized carbons (Fsp3) is 0.267. The largest absolute Gasteiger partial charge is 0.388 e. The quantitative estimate of drug-likeness (QED) is 0.627. The van der Waals surface area contributed by atoms with Gasteiger partial charge in [0.25, 0.3) is 0 Å². The summed E-state index contributed by atoms with van der Waals surface area (Å²) in [5, 5.41) is 9.66. The summed E-state index contributed by atoms with van der Waals surface area (Å²) in [5.74, 6) is 0.229. The van der Waals surface area contributed by atoms with Crippen LogP contribution in [-0.4, -0.2) is 17.8 Å². The van der Waals surface area contributed by atoms with Crippen molar-refractivity contribution in [2.75, 3.05) is 7.05 Å². The molecule has 0 saturated carbocycles. The molecule has 0 fully saturated rings. The maximum atomic E-state index is 7.57. The SMILES string of the molecule is CN(Cc1cccs1)C(CC(=N)N)c1ccccc1. The molecule has 2 rings (SSSR count). The van der Waals surface area contributed by atoms with Crippen LogP contribution in [0.15, 0.2) is 47.8 Å². The van der Waals surface area contributed by atoms with E-state index >= 15 is 0 Å².